The van der Waals surface area contributed by atoms with E-state index < -0.39 is 0 Å². The van der Waals surface area contributed by atoms with Crippen LogP contribution in [0.4, 0.5) is 0 Å². The summed E-state index contributed by atoms with van der Waals surface area (Å²) in [4.78, 5) is 12.0. The predicted octanol–water partition coefficient (Wildman–Crippen LogP) is 1.47. The van der Waals surface area contributed by atoms with Gasteiger partial charge in [-0.05, 0) is 28.9 Å². The third-order valence-electron chi connectivity index (χ3n) is 2.28. The van der Waals surface area contributed by atoms with Crippen molar-refractivity contribution in [3.05, 3.63) is 16.4 Å². The van der Waals surface area contributed by atoms with Crippen LogP contribution in [-0.2, 0) is 11.3 Å². The molecule has 1 heterocycles. The van der Waals surface area contributed by atoms with Gasteiger partial charge in [-0.1, -0.05) is 6.92 Å². The minimum Gasteiger partial charge on any atom is -0.383 e. The summed E-state index contributed by atoms with van der Waals surface area (Å²) in [5, 5.41) is 7.23. The molecule has 1 rings (SSSR count). The van der Waals surface area contributed by atoms with Crippen LogP contribution in [0.2, 0.25) is 0 Å². The van der Waals surface area contributed by atoms with Crippen molar-refractivity contribution in [2.24, 2.45) is 0 Å². The second-order valence-corrected chi connectivity index (χ2v) is 4.51. The van der Waals surface area contributed by atoms with Gasteiger partial charge in [-0.2, -0.15) is 5.10 Å². The topological polar surface area (TPSA) is 56.2 Å². The number of methoxy groups -OCH3 is 1. The number of rotatable bonds is 8. The van der Waals surface area contributed by atoms with Gasteiger partial charge in [0.2, 0.25) is 0 Å². The second-order valence-electron chi connectivity index (χ2n) is 3.66. The summed E-state index contributed by atoms with van der Waals surface area (Å²) in [6.45, 7) is 4.37. The predicted molar refractivity (Wildman–Crippen MR) is 69.3 cm³/mol. The molecular weight excluding hydrogens is 286 g/mol. The smallest absolute Gasteiger partial charge is 0.195 e. The fourth-order valence-electron chi connectivity index (χ4n) is 1.45. The molecule has 1 aromatic heterocycles. The molecule has 0 amide bonds. The average Bonchev–Trinajstić information content (AvgIpc) is 2.68. The van der Waals surface area contributed by atoms with Gasteiger partial charge in [0.1, 0.15) is 5.69 Å². The van der Waals surface area contributed by atoms with Crippen LogP contribution >= 0.6 is 15.9 Å². The zero-order valence-corrected chi connectivity index (χ0v) is 11.8. The molecule has 0 bridgehead atoms. The van der Waals surface area contributed by atoms with Crippen LogP contribution in [0.5, 0.6) is 0 Å². The lowest BCUT2D eigenvalue weighted by Crippen LogP contribution is -2.26. The molecule has 0 radical (unpaired) electrons. The summed E-state index contributed by atoms with van der Waals surface area (Å²) in [5.41, 5.74) is 0.602. The monoisotopic (exact) mass is 303 g/mol. The Morgan fingerprint density at radius 3 is 3.06 bits per heavy atom. The standard InChI is InChI=1S/C11H18BrN3O2/c1-3-4-13-8-10(16)11-9(12)7-14-15(11)5-6-17-2/h7,13H,3-6,8H2,1-2H3. The molecule has 1 N–H and O–H groups in total. The van der Waals surface area contributed by atoms with Crippen molar-refractivity contribution in [3.63, 3.8) is 0 Å². The first-order valence-electron chi connectivity index (χ1n) is 5.64. The van der Waals surface area contributed by atoms with Crippen LogP contribution in [0.25, 0.3) is 0 Å². The van der Waals surface area contributed by atoms with Crippen LogP contribution in [0, 0.1) is 0 Å². The molecule has 0 atom stereocenters. The summed E-state index contributed by atoms with van der Waals surface area (Å²) in [7, 11) is 1.63. The van der Waals surface area contributed by atoms with E-state index in [0.717, 1.165) is 17.4 Å². The number of halogens is 1. The van der Waals surface area contributed by atoms with Crippen molar-refractivity contribution in [1.82, 2.24) is 15.1 Å². The third-order valence-corrected chi connectivity index (χ3v) is 2.86. The van der Waals surface area contributed by atoms with Gasteiger partial charge >= 0.3 is 0 Å². The molecule has 0 aliphatic rings. The minimum atomic E-state index is 0.0407. The lowest BCUT2D eigenvalue weighted by molar-refractivity contribution is 0.0976. The molecule has 6 heteroatoms. The molecule has 0 spiro atoms. The highest BCUT2D eigenvalue weighted by molar-refractivity contribution is 9.10. The van der Waals surface area contributed by atoms with Gasteiger partial charge in [0.05, 0.1) is 30.4 Å². The van der Waals surface area contributed by atoms with Crippen LogP contribution in [0.15, 0.2) is 10.7 Å². The molecule has 1 aromatic rings. The van der Waals surface area contributed by atoms with Gasteiger partial charge in [0.25, 0.3) is 0 Å². The largest absolute Gasteiger partial charge is 0.383 e. The summed E-state index contributed by atoms with van der Waals surface area (Å²) >= 11 is 3.35. The fourth-order valence-corrected chi connectivity index (χ4v) is 1.97. The highest BCUT2D eigenvalue weighted by Gasteiger charge is 2.16. The minimum absolute atomic E-state index is 0.0407. The molecule has 0 aromatic carbocycles. The normalized spacial score (nSPS) is 10.8. The van der Waals surface area contributed by atoms with Crippen LogP contribution < -0.4 is 5.32 Å². The van der Waals surface area contributed by atoms with E-state index in [1.54, 1.807) is 18.0 Å². The highest BCUT2D eigenvalue weighted by atomic mass is 79.9. The lowest BCUT2D eigenvalue weighted by Gasteiger charge is -2.07. The quantitative estimate of drug-likeness (QED) is 0.584. The molecule has 0 unspecified atom stereocenters. The van der Waals surface area contributed by atoms with Crippen molar-refractivity contribution in [1.29, 1.82) is 0 Å². The maximum atomic E-state index is 12.0. The summed E-state index contributed by atoms with van der Waals surface area (Å²) in [6, 6.07) is 0. The number of ketones is 1. The Bertz CT molecular complexity index is 366. The Kier molecular flexibility index (Phi) is 6.39. The van der Waals surface area contributed by atoms with E-state index in [1.165, 1.54) is 0 Å². The van der Waals surface area contributed by atoms with Crippen LogP contribution in [0.1, 0.15) is 23.8 Å². The number of aromatic nitrogens is 2. The van der Waals surface area contributed by atoms with E-state index >= 15 is 0 Å². The number of hydrogen-bond acceptors (Lipinski definition) is 4. The van der Waals surface area contributed by atoms with Crippen molar-refractivity contribution >= 4 is 21.7 Å². The summed E-state index contributed by atoms with van der Waals surface area (Å²) < 4.78 is 7.39. The number of nitrogens with zero attached hydrogens (tertiary/aromatic N) is 2. The van der Waals surface area contributed by atoms with E-state index in [9.17, 15) is 4.79 Å². The van der Waals surface area contributed by atoms with Gasteiger partial charge in [0, 0.05) is 7.11 Å². The number of Topliss-reactive ketones (excluding diaryl/α,β-unsaturated/α-hetero) is 1. The van der Waals surface area contributed by atoms with Gasteiger partial charge in [0.15, 0.2) is 5.78 Å². The van der Waals surface area contributed by atoms with E-state index in [0.29, 0.717) is 25.4 Å². The molecule has 17 heavy (non-hydrogen) atoms. The van der Waals surface area contributed by atoms with Gasteiger partial charge in [-0.15, -0.1) is 0 Å². The lowest BCUT2D eigenvalue weighted by atomic mass is 10.2. The molecule has 0 saturated carbocycles. The first-order chi connectivity index (χ1) is 8.20. The Balaban J connectivity index is 2.66. The maximum Gasteiger partial charge on any atom is 0.195 e. The SMILES string of the molecule is CCCNCC(=O)c1c(Br)cnn1CCOC. The fraction of sp³-hybridized carbons (Fsp3) is 0.636. The van der Waals surface area contributed by atoms with Gasteiger partial charge in [-0.25, -0.2) is 0 Å². The van der Waals surface area contributed by atoms with Crippen molar-refractivity contribution in [3.8, 4) is 0 Å². The zero-order valence-electron chi connectivity index (χ0n) is 10.2. The van der Waals surface area contributed by atoms with Gasteiger partial charge in [-0.3, -0.25) is 9.48 Å². The Morgan fingerprint density at radius 2 is 2.41 bits per heavy atom. The molecule has 0 saturated heterocycles. The molecule has 0 aliphatic carbocycles. The number of hydrogen-bond donors (Lipinski definition) is 1. The first kappa shape index (κ1) is 14.3. The maximum absolute atomic E-state index is 12.0. The van der Waals surface area contributed by atoms with E-state index in [-0.39, 0.29) is 5.78 Å². The number of carbonyl (C=O) groups excluding carboxylic acids is 1. The molecular formula is C11H18BrN3O2. The number of carbonyl (C=O) groups is 1. The second kappa shape index (κ2) is 7.58. The molecule has 5 nitrogen and oxygen atoms in total. The zero-order chi connectivity index (χ0) is 12.7. The summed E-state index contributed by atoms with van der Waals surface area (Å²) in [5.74, 6) is 0.0407. The van der Waals surface area contributed by atoms with E-state index in [4.69, 9.17) is 4.74 Å². The van der Waals surface area contributed by atoms with Crippen LogP contribution in [0.3, 0.4) is 0 Å². The van der Waals surface area contributed by atoms with Crippen LogP contribution in [-0.4, -0.2) is 42.4 Å². The average molecular weight is 304 g/mol. The van der Waals surface area contributed by atoms with Crippen molar-refractivity contribution < 1.29 is 9.53 Å². The van der Waals surface area contributed by atoms with E-state index in [2.05, 4.69) is 33.3 Å². The third kappa shape index (κ3) is 4.22. The Morgan fingerprint density at radius 1 is 1.65 bits per heavy atom. The Labute approximate surface area is 110 Å². The number of nitrogens with one attached hydrogen (secondary N) is 1. The van der Waals surface area contributed by atoms with Gasteiger partial charge < -0.3 is 10.1 Å². The van der Waals surface area contributed by atoms with Crippen molar-refractivity contribution in [2.75, 3.05) is 26.8 Å². The number of ether oxygens (including phenoxy) is 1. The first-order valence-corrected chi connectivity index (χ1v) is 6.44. The highest BCUT2D eigenvalue weighted by Crippen LogP contribution is 2.16. The Hall–Kier alpha value is -0.720. The summed E-state index contributed by atoms with van der Waals surface area (Å²) in [6.07, 6.45) is 2.65. The van der Waals surface area contributed by atoms with E-state index in [1.807, 2.05) is 0 Å². The molecule has 96 valence electrons. The van der Waals surface area contributed by atoms with Crippen molar-refractivity contribution in [2.45, 2.75) is 19.9 Å². The molecule has 0 fully saturated rings. The molecule has 0 aliphatic heterocycles.